The fraction of sp³-hybridized carbons (Fsp3) is 0.304. The summed E-state index contributed by atoms with van der Waals surface area (Å²) in [7, 11) is 0. The molecule has 8 heteroatoms. The molecule has 0 bridgehead atoms. The number of hydrogen-bond donors (Lipinski definition) is 1. The van der Waals surface area contributed by atoms with Gasteiger partial charge in [0, 0.05) is 55.0 Å². The van der Waals surface area contributed by atoms with Crippen LogP contribution in [0.5, 0.6) is 0 Å². The second-order valence-electron chi connectivity index (χ2n) is 7.59. The van der Waals surface area contributed by atoms with Crippen molar-refractivity contribution in [3.8, 4) is 0 Å². The molecule has 0 atom stereocenters. The number of rotatable bonds is 4. The van der Waals surface area contributed by atoms with E-state index in [-0.39, 0.29) is 11.5 Å². The maximum atomic E-state index is 13.0. The molecular weight excluding hydrogens is 403 g/mol. The lowest BCUT2D eigenvalue weighted by atomic mass is 10.1. The van der Waals surface area contributed by atoms with E-state index in [4.69, 9.17) is 0 Å². The first-order valence-corrected chi connectivity index (χ1v) is 10.2. The molecular formula is C23H24F3N5. The van der Waals surface area contributed by atoms with Gasteiger partial charge in [-0.15, -0.1) is 0 Å². The number of alkyl halides is 3. The van der Waals surface area contributed by atoms with Crippen molar-refractivity contribution in [2.75, 3.05) is 31.1 Å². The van der Waals surface area contributed by atoms with E-state index in [1.165, 1.54) is 0 Å². The molecule has 1 aromatic heterocycles. The van der Waals surface area contributed by atoms with E-state index in [0.29, 0.717) is 11.4 Å². The highest BCUT2D eigenvalue weighted by Gasteiger charge is 2.31. The van der Waals surface area contributed by atoms with Gasteiger partial charge in [-0.3, -0.25) is 4.98 Å². The number of anilines is 1. The van der Waals surface area contributed by atoms with Crippen LogP contribution in [0.2, 0.25) is 0 Å². The zero-order valence-corrected chi connectivity index (χ0v) is 17.3. The fourth-order valence-corrected chi connectivity index (χ4v) is 3.78. The van der Waals surface area contributed by atoms with Crippen LogP contribution < -0.4 is 10.2 Å². The molecule has 2 aromatic rings. The molecule has 0 saturated carbocycles. The standard InChI is InChI=1S/C23H24F3N5/c1-4-15(2)30-9-11-31(12-10-30)18-5-6-20-19(14-18)16(3)28-22(29-20)21-13-17(7-8-27-21)23(24,25)26/h5-8,13-14H,2-4,9-12H2,1H3,(H,28,29). The quantitative estimate of drug-likeness (QED) is 0.762. The minimum absolute atomic E-state index is 0.123. The third-order valence-electron chi connectivity index (χ3n) is 5.64. The third kappa shape index (κ3) is 4.28. The number of fused-ring (bicyclic) bond motifs is 1. The Hall–Kier alpha value is -3.29. The summed E-state index contributed by atoms with van der Waals surface area (Å²) in [4.78, 5) is 13.2. The van der Waals surface area contributed by atoms with Crippen molar-refractivity contribution in [2.24, 2.45) is 4.99 Å². The molecule has 1 fully saturated rings. The van der Waals surface area contributed by atoms with Crippen LogP contribution in [-0.2, 0) is 6.18 Å². The Kier molecular flexibility index (Phi) is 5.47. The van der Waals surface area contributed by atoms with Gasteiger partial charge < -0.3 is 15.1 Å². The average molecular weight is 427 g/mol. The van der Waals surface area contributed by atoms with Crippen LogP contribution in [0.3, 0.4) is 0 Å². The van der Waals surface area contributed by atoms with E-state index < -0.39 is 11.7 Å². The summed E-state index contributed by atoms with van der Waals surface area (Å²) in [5.41, 5.74) is 3.65. The summed E-state index contributed by atoms with van der Waals surface area (Å²) < 4.78 is 39.1. The van der Waals surface area contributed by atoms with Gasteiger partial charge in [-0.05, 0) is 36.8 Å². The Morgan fingerprint density at radius 3 is 2.55 bits per heavy atom. The molecule has 162 valence electrons. The second-order valence-corrected chi connectivity index (χ2v) is 7.59. The highest BCUT2D eigenvalue weighted by molar-refractivity contribution is 6.07. The maximum Gasteiger partial charge on any atom is 0.416 e. The molecule has 1 aromatic carbocycles. The SMILES string of the molecule is C=C1NC(c2cc(C(F)(F)F)ccn2)=Nc2ccc(N3CCN(C(=C)CC)CC3)cc21. The molecule has 5 nitrogen and oxygen atoms in total. The van der Waals surface area contributed by atoms with Gasteiger partial charge in [-0.1, -0.05) is 20.1 Å². The summed E-state index contributed by atoms with van der Waals surface area (Å²) in [6, 6.07) is 7.82. The lowest BCUT2D eigenvalue weighted by molar-refractivity contribution is -0.137. The maximum absolute atomic E-state index is 13.0. The summed E-state index contributed by atoms with van der Waals surface area (Å²) in [5, 5.41) is 3.01. The molecule has 0 radical (unpaired) electrons. The Bertz CT molecular complexity index is 1050. The summed E-state index contributed by atoms with van der Waals surface area (Å²) in [6.45, 7) is 13.9. The van der Waals surface area contributed by atoms with E-state index in [1.807, 2.05) is 18.2 Å². The summed E-state index contributed by atoms with van der Waals surface area (Å²) >= 11 is 0. The zero-order chi connectivity index (χ0) is 22.2. The van der Waals surface area contributed by atoms with E-state index >= 15 is 0 Å². The van der Waals surface area contributed by atoms with Crippen LogP contribution in [0, 0.1) is 0 Å². The molecule has 0 amide bonds. The number of benzene rings is 1. The Morgan fingerprint density at radius 1 is 1.13 bits per heavy atom. The molecule has 3 heterocycles. The predicted octanol–water partition coefficient (Wildman–Crippen LogP) is 4.80. The third-order valence-corrected chi connectivity index (χ3v) is 5.64. The summed E-state index contributed by atoms with van der Waals surface area (Å²) in [5.74, 6) is 0.253. The second kappa shape index (κ2) is 8.09. The van der Waals surface area contributed by atoms with Crippen molar-refractivity contribution in [1.82, 2.24) is 15.2 Å². The van der Waals surface area contributed by atoms with E-state index in [0.717, 1.165) is 67.9 Å². The van der Waals surface area contributed by atoms with E-state index in [9.17, 15) is 13.2 Å². The monoisotopic (exact) mass is 427 g/mol. The van der Waals surface area contributed by atoms with Gasteiger partial charge in [0.2, 0.25) is 0 Å². The van der Waals surface area contributed by atoms with Gasteiger partial charge >= 0.3 is 6.18 Å². The van der Waals surface area contributed by atoms with Gasteiger partial charge in [0.1, 0.15) is 5.69 Å². The normalized spacial score (nSPS) is 16.5. The van der Waals surface area contributed by atoms with Gasteiger partial charge in [0.25, 0.3) is 0 Å². The zero-order valence-electron chi connectivity index (χ0n) is 17.3. The Labute approximate surface area is 179 Å². The van der Waals surface area contributed by atoms with Crippen LogP contribution >= 0.6 is 0 Å². The Balaban J connectivity index is 1.57. The van der Waals surface area contributed by atoms with Crippen LogP contribution in [0.15, 0.2) is 60.4 Å². The number of aliphatic imine (C=N–C) groups is 1. The van der Waals surface area contributed by atoms with Crippen molar-refractivity contribution in [3.63, 3.8) is 0 Å². The molecule has 0 aliphatic carbocycles. The van der Waals surface area contributed by atoms with Crippen molar-refractivity contribution < 1.29 is 13.2 Å². The smallest absolute Gasteiger partial charge is 0.372 e. The van der Waals surface area contributed by atoms with Crippen molar-refractivity contribution in [2.45, 2.75) is 19.5 Å². The minimum Gasteiger partial charge on any atom is -0.372 e. The molecule has 0 unspecified atom stereocenters. The number of allylic oxidation sites excluding steroid dienone is 1. The van der Waals surface area contributed by atoms with Gasteiger partial charge in [-0.25, -0.2) is 4.99 Å². The van der Waals surface area contributed by atoms with E-state index in [2.05, 4.69) is 45.2 Å². The van der Waals surface area contributed by atoms with Gasteiger partial charge in [0.15, 0.2) is 5.84 Å². The highest BCUT2D eigenvalue weighted by atomic mass is 19.4. The number of aromatic nitrogens is 1. The first-order valence-electron chi connectivity index (χ1n) is 10.2. The fourth-order valence-electron chi connectivity index (χ4n) is 3.78. The number of amidine groups is 1. The highest BCUT2D eigenvalue weighted by Crippen LogP contribution is 2.34. The number of nitrogens with one attached hydrogen (secondary N) is 1. The lowest BCUT2D eigenvalue weighted by Crippen LogP contribution is -2.45. The van der Waals surface area contributed by atoms with Crippen molar-refractivity contribution >= 4 is 22.9 Å². The number of piperazine rings is 1. The molecule has 4 rings (SSSR count). The number of halogens is 3. The van der Waals surface area contributed by atoms with Crippen molar-refractivity contribution in [3.05, 3.63) is 72.2 Å². The molecule has 31 heavy (non-hydrogen) atoms. The van der Waals surface area contributed by atoms with Gasteiger partial charge in [-0.2, -0.15) is 13.2 Å². The van der Waals surface area contributed by atoms with Crippen LogP contribution in [0.4, 0.5) is 24.5 Å². The number of pyridine rings is 1. The molecule has 1 N–H and O–H groups in total. The molecule has 1 saturated heterocycles. The first-order chi connectivity index (χ1) is 14.8. The first kappa shape index (κ1) is 21.0. The molecule has 2 aliphatic heterocycles. The van der Waals surface area contributed by atoms with Crippen LogP contribution in [0.1, 0.15) is 30.2 Å². The van der Waals surface area contributed by atoms with Crippen LogP contribution in [-0.4, -0.2) is 41.9 Å². The van der Waals surface area contributed by atoms with Crippen LogP contribution in [0.25, 0.3) is 5.70 Å². The topological polar surface area (TPSA) is 43.8 Å². The predicted molar refractivity (Wildman–Crippen MR) is 117 cm³/mol. The van der Waals surface area contributed by atoms with E-state index in [1.54, 1.807) is 0 Å². The summed E-state index contributed by atoms with van der Waals surface area (Å²) in [6.07, 6.45) is -2.35. The minimum atomic E-state index is -4.44. The number of hydrogen-bond acceptors (Lipinski definition) is 5. The molecule has 2 aliphatic rings. The molecule has 0 spiro atoms. The number of nitrogens with zero attached hydrogens (tertiary/aromatic N) is 4. The Morgan fingerprint density at radius 2 is 1.87 bits per heavy atom. The van der Waals surface area contributed by atoms with Gasteiger partial charge in [0.05, 0.1) is 11.3 Å². The van der Waals surface area contributed by atoms with Crippen molar-refractivity contribution in [1.29, 1.82) is 0 Å². The lowest BCUT2D eigenvalue weighted by Gasteiger charge is -2.38. The largest absolute Gasteiger partial charge is 0.416 e. The average Bonchev–Trinajstić information content (AvgIpc) is 2.78.